The van der Waals surface area contributed by atoms with Crippen LogP contribution >= 0.6 is 0 Å². The lowest BCUT2D eigenvalue weighted by Gasteiger charge is -2.08. The zero-order valence-electron chi connectivity index (χ0n) is 13.9. The molecule has 1 aromatic heterocycles. The summed E-state index contributed by atoms with van der Waals surface area (Å²) in [6, 6.07) is 14.3. The Kier molecular flexibility index (Phi) is 4.94. The Balaban J connectivity index is 1.57. The predicted molar refractivity (Wildman–Crippen MR) is 93.8 cm³/mol. The molecular formula is C18H18N4O3. The van der Waals surface area contributed by atoms with Crippen LogP contribution in [0, 0.1) is 6.92 Å². The molecule has 0 saturated carbocycles. The summed E-state index contributed by atoms with van der Waals surface area (Å²) in [6.45, 7) is 2.20. The molecule has 1 heterocycles. The number of aromatic nitrogens is 2. The Morgan fingerprint density at radius 2 is 1.76 bits per heavy atom. The van der Waals surface area contributed by atoms with Gasteiger partial charge in [0, 0.05) is 16.9 Å². The van der Waals surface area contributed by atoms with Gasteiger partial charge in [0.15, 0.2) is 5.82 Å². The topological polar surface area (TPSA) is 89.3 Å². The van der Waals surface area contributed by atoms with Gasteiger partial charge in [0.25, 0.3) is 5.91 Å². The zero-order chi connectivity index (χ0) is 17.6. The number of rotatable bonds is 6. The molecule has 0 fully saturated rings. The van der Waals surface area contributed by atoms with E-state index in [-0.39, 0.29) is 5.91 Å². The first-order chi connectivity index (χ1) is 12.1. The van der Waals surface area contributed by atoms with E-state index in [4.69, 9.17) is 9.26 Å². The molecule has 0 radical (unpaired) electrons. The monoisotopic (exact) mass is 338 g/mol. The molecule has 128 valence electrons. The van der Waals surface area contributed by atoms with Gasteiger partial charge in [-0.2, -0.15) is 4.98 Å². The fourth-order valence-electron chi connectivity index (χ4n) is 2.21. The maximum Gasteiger partial charge on any atom is 0.255 e. The molecule has 25 heavy (non-hydrogen) atoms. The fraction of sp³-hybridized carbons (Fsp3) is 0.167. The number of ether oxygens (including phenoxy) is 1. The first-order valence-electron chi connectivity index (χ1n) is 7.72. The number of anilines is 2. The Morgan fingerprint density at radius 1 is 1.08 bits per heavy atom. The van der Waals surface area contributed by atoms with Gasteiger partial charge in [0.1, 0.15) is 5.75 Å². The molecule has 0 aliphatic carbocycles. The maximum absolute atomic E-state index is 12.3. The van der Waals surface area contributed by atoms with E-state index in [1.54, 1.807) is 50.4 Å². The van der Waals surface area contributed by atoms with E-state index < -0.39 is 0 Å². The minimum atomic E-state index is -0.177. The first-order valence-corrected chi connectivity index (χ1v) is 7.72. The largest absolute Gasteiger partial charge is 0.497 e. The number of aryl methyl sites for hydroxylation is 1. The van der Waals surface area contributed by atoms with Gasteiger partial charge in [0.2, 0.25) is 5.89 Å². The lowest BCUT2D eigenvalue weighted by Crippen LogP contribution is -2.11. The van der Waals surface area contributed by atoms with E-state index in [0.29, 0.717) is 29.5 Å². The van der Waals surface area contributed by atoms with Crippen molar-refractivity contribution in [1.82, 2.24) is 10.1 Å². The number of amides is 1. The third kappa shape index (κ3) is 4.35. The average molecular weight is 338 g/mol. The van der Waals surface area contributed by atoms with Crippen molar-refractivity contribution in [3.05, 3.63) is 65.8 Å². The van der Waals surface area contributed by atoms with Crippen molar-refractivity contribution in [2.75, 3.05) is 17.7 Å². The summed E-state index contributed by atoms with van der Waals surface area (Å²) in [4.78, 5) is 16.4. The summed E-state index contributed by atoms with van der Waals surface area (Å²) in [7, 11) is 1.60. The molecule has 2 N–H and O–H groups in total. The standard InChI is InChI=1S/C18H18N4O3/c1-12-20-17(25-22-12)11-19-14-5-3-13(4-6-14)18(23)21-15-7-9-16(24-2)10-8-15/h3-10,19H,11H2,1-2H3,(H,21,23). The molecule has 3 rings (SSSR count). The van der Waals surface area contributed by atoms with Gasteiger partial charge >= 0.3 is 0 Å². The van der Waals surface area contributed by atoms with Crippen LogP contribution in [0.15, 0.2) is 53.1 Å². The van der Waals surface area contributed by atoms with Crippen molar-refractivity contribution >= 4 is 17.3 Å². The fourth-order valence-corrected chi connectivity index (χ4v) is 2.21. The summed E-state index contributed by atoms with van der Waals surface area (Å²) in [5.74, 6) is 1.68. The van der Waals surface area contributed by atoms with E-state index in [9.17, 15) is 4.79 Å². The molecule has 0 aliphatic rings. The van der Waals surface area contributed by atoms with Gasteiger partial charge in [-0.05, 0) is 55.5 Å². The highest BCUT2D eigenvalue weighted by molar-refractivity contribution is 6.04. The van der Waals surface area contributed by atoms with E-state index in [0.717, 1.165) is 11.4 Å². The van der Waals surface area contributed by atoms with Crippen LogP contribution in [0.3, 0.4) is 0 Å². The van der Waals surface area contributed by atoms with Crippen LogP contribution < -0.4 is 15.4 Å². The molecule has 0 atom stereocenters. The second-order valence-electron chi connectivity index (χ2n) is 5.35. The highest BCUT2D eigenvalue weighted by Gasteiger charge is 2.07. The minimum absolute atomic E-state index is 0.177. The average Bonchev–Trinajstić information content (AvgIpc) is 3.06. The van der Waals surface area contributed by atoms with Crippen LogP contribution in [-0.2, 0) is 6.54 Å². The quantitative estimate of drug-likeness (QED) is 0.717. The van der Waals surface area contributed by atoms with Crippen molar-refractivity contribution in [1.29, 1.82) is 0 Å². The first kappa shape index (κ1) is 16.5. The van der Waals surface area contributed by atoms with Crippen molar-refractivity contribution in [2.45, 2.75) is 13.5 Å². The Labute approximate surface area is 145 Å². The molecule has 3 aromatic rings. The number of carbonyl (C=O) groups excluding carboxylic acids is 1. The number of hydrogen-bond acceptors (Lipinski definition) is 6. The molecule has 1 amide bonds. The molecule has 0 aliphatic heterocycles. The van der Waals surface area contributed by atoms with Gasteiger partial charge in [-0.1, -0.05) is 5.16 Å². The second kappa shape index (κ2) is 7.48. The Bertz CT molecular complexity index is 842. The lowest BCUT2D eigenvalue weighted by molar-refractivity contribution is 0.102. The Hall–Kier alpha value is -3.35. The van der Waals surface area contributed by atoms with Gasteiger partial charge in [-0.3, -0.25) is 4.79 Å². The summed E-state index contributed by atoms with van der Waals surface area (Å²) in [6.07, 6.45) is 0. The normalized spacial score (nSPS) is 10.3. The summed E-state index contributed by atoms with van der Waals surface area (Å²) < 4.78 is 10.1. The van der Waals surface area contributed by atoms with Crippen molar-refractivity contribution < 1.29 is 14.1 Å². The van der Waals surface area contributed by atoms with Gasteiger partial charge < -0.3 is 19.9 Å². The molecule has 0 saturated heterocycles. The summed E-state index contributed by atoms with van der Waals surface area (Å²) in [5.41, 5.74) is 2.13. The molecule has 0 bridgehead atoms. The SMILES string of the molecule is COc1ccc(NC(=O)c2ccc(NCc3nc(C)no3)cc2)cc1. The third-order valence-corrected chi connectivity index (χ3v) is 3.51. The van der Waals surface area contributed by atoms with Gasteiger partial charge in [-0.15, -0.1) is 0 Å². The summed E-state index contributed by atoms with van der Waals surface area (Å²) in [5, 5.41) is 9.73. The van der Waals surface area contributed by atoms with Crippen LogP contribution in [-0.4, -0.2) is 23.2 Å². The van der Waals surface area contributed by atoms with Crippen LogP contribution in [0.1, 0.15) is 22.1 Å². The van der Waals surface area contributed by atoms with Gasteiger partial charge in [0.05, 0.1) is 13.7 Å². The van der Waals surface area contributed by atoms with Crippen LogP contribution in [0.4, 0.5) is 11.4 Å². The molecule has 0 spiro atoms. The van der Waals surface area contributed by atoms with Crippen molar-refractivity contribution in [3.63, 3.8) is 0 Å². The molecule has 0 unspecified atom stereocenters. The van der Waals surface area contributed by atoms with Crippen LogP contribution in [0.5, 0.6) is 5.75 Å². The van der Waals surface area contributed by atoms with Gasteiger partial charge in [-0.25, -0.2) is 0 Å². The highest BCUT2D eigenvalue weighted by atomic mass is 16.5. The lowest BCUT2D eigenvalue weighted by atomic mass is 10.2. The maximum atomic E-state index is 12.3. The molecule has 7 heteroatoms. The number of methoxy groups -OCH3 is 1. The smallest absolute Gasteiger partial charge is 0.255 e. The van der Waals surface area contributed by atoms with Crippen LogP contribution in [0.25, 0.3) is 0 Å². The number of nitrogens with zero attached hydrogens (tertiary/aromatic N) is 2. The number of nitrogens with one attached hydrogen (secondary N) is 2. The highest BCUT2D eigenvalue weighted by Crippen LogP contribution is 2.17. The number of carbonyl (C=O) groups is 1. The zero-order valence-corrected chi connectivity index (χ0v) is 13.9. The molecule has 2 aromatic carbocycles. The van der Waals surface area contributed by atoms with E-state index in [1.165, 1.54) is 0 Å². The van der Waals surface area contributed by atoms with Crippen molar-refractivity contribution in [2.24, 2.45) is 0 Å². The molecule has 7 nitrogen and oxygen atoms in total. The van der Waals surface area contributed by atoms with Crippen LogP contribution in [0.2, 0.25) is 0 Å². The van der Waals surface area contributed by atoms with E-state index >= 15 is 0 Å². The van der Waals surface area contributed by atoms with E-state index in [2.05, 4.69) is 20.8 Å². The molecular weight excluding hydrogens is 320 g/mol. The van der Waals surface area contributed by atoms with E-state index in [1.807, 2.05) is 12.1 Å². The second-order valence-corrected chi connectivity index (χ2v) is 5.35. The number of hydrogen-bond donors (Lipinski definition) is 2. The van der Waals surface area contributed by atoms with Crippen molar-refractivity contribution in [3.8, 4) is 5.75 Å². The number of benzene rings is 2. The minimum Gasteiger partial charge on any atom is -0.497 e. The summed E-state index contributed by atoms with van der Waals surface area (Å²) >= 11 is 0. The Morgan fingerprint density at radius 3 is 2.36 bits per heavy atom. The third-order valence-electron chi connectivity index (χ3n) is 3.51. The predicted octanol–water partition coefficient (Wildman–Crippen LogP) is 3.25.